The summed E-state index contributed by atoms with van der Waals surface area (Å²) in [7, 11) is 1.89. The predicted octanol–water partition coefficient (Wildman–Crippen LogP) is 0.757. The highest BCUT2D eigenvalue weighted by atomic mass is 16.1. The minimum absolute atomic E-state index is 0.239. The summed E-state index contributed by atoms with van der Waals surface area (Å²) in [4.78, 5) is 11.6. The highest BCUT2D eigenvalue weighted by molar-refractivity contribution is 5.77. The number of carbonyl (C=O) groups excluding carboxylic acids is 1. The molecule has 0 aromatic carbocycles. The van der Waals surface area contributed by atoms with Crippen LogP contribution in [0.1, 0.15) is 25.7 Å². The van der Waals surface area contributed by atoms with Crippen LogP contribution in [0.5, 0.6) is 0 Å². The molecule has 0 heterocycles. The first-order valence-electron chi connectivity index (χ1n) is 6.25. The summed E-state index contributed by atoms with van der Waals surface area (Å²) in [6.07, 6.45) is 4.93. The maximum Gasteiger partial charge on any atom is 0.221 e. The standard InChI is InChI=1S/C12H20N2O/c1-13-5-4-9(15)14-12-10-7-2-3-8(6-7)11(10)12/h7-8,10-13H,2-6H2,1H3,(H,14,15). The van der Waals surface area contributed by atoms with Crippen LogP contribution in [-0.2, 0) is 4.79 Å². The molecule has 4 atom stereocenters. The van der Waals surface area contributed by atoms with Crippen molar-refractivity contribution in [3.05, 3.63) is 0 Å². The van der Waals surface area contributed by atoms with E-state index in [1.54, 1.807) is 0 Å². The third kappa shape index (κ3) is 1.48. The van der Waals surface area contributed by atoms with Crippen molar-refractivity contribution < 1.29 is 4.79 Å². The third-order valence-electron chi connectivity index (χ3n) is 4.67. The molecule has 3 nitrogen and oxygen atoms in total. The molecule has 1 amide bonds. The highest BCUT2D eigenvalue weighted by Crippen LogP contribution is 2.65. The quantitative estimate of drug-likeness (QED) is 0.716. The lowest BCUT2D eigenvalue weighted by Crippen LogP contribution is -2.31. The van der Waals surface area contributed by atoms with Crippen molar-refractivity contribution in [2.24, 2.45) is 23.7 Å². The van der Waals surface area contributed by atoms with Crippen LogP contribution in [0.25, 0.3) is 0 Å². The van der Waals surface area contributed by atoms with Crippen LogP contribution in [-0.4, -0.2) is 25.5 Å². The highest BCUT2D eigenvalue weighted by Gasteiger charge is 2.65. The van der Waals surface area contributed by atoms with Gasteiger partial charge in [-0.25, -0.2) is 0 Å². The molecule has 0 aromatic heterocycles. The summed E-state index contributed by atoms with van der Waals surface area (Å²) in [6.45, 7) is 0.792. The van der Waals surface area contributed by atoms with Crippen LogP contribution in [0.4, 0.5) is 0 Å². The van der Waals surface area contributed by atoms with E-state index in [-0.39, 0.29) is 5.91 Å². The second kappa shape index (κ2) is 3.48. The van der Waals surface area contributed by atoms with Crippen molar-refractivity contribution >= 4 is 5.91 Å². The first-order valence-corrected chi connectivity index (χ1v) is 6.25. The molecule has 0 aliphatic heterocycles. The monoisotopic (exact) mass is 208 g/mol. The van der Waals surface area contributed by atoms with Gasteiger partial charge in [0.25, 0.3) is 0 Å². The Kier molecular flexibility index (Phi) is 2.23. The molecule has 3 heteroatoms. The molecule has 3 aliphatic carbocycles. The molecule has 0 saturated heterocycles. The molecule has 2 bridgehead atoms. The first-order chi connectivity index (χ1) is 7.31. The zero-order valence-electron chi connectivity index (χ0n) is 9.33. The van der Waals surface area contributed by atoms with Crippen molar-refractivity contribution in [3.63, 3.8) is 0 Å². The molecule has 15 heavy (non-hydrogen) atoms. The van der Waals surface area contributed by atoms with Gasteiger partial charge >= 0.3 is 0 Å². The lowest BCUT2D eigenvalue weighted by atomic mass is 10.0. The fourth-order valence-electron chi connectivity index (χ4n) is 4.02. The van der Waals surface area contributed by atoms with Gasteiger partial charge < -0.3 is 10.6 Å². The lowest BCUT2D eigenvalue weighted by molar-refractivity contribution is -0.121. The number of carbonyl (C=O) groups is 1. The number of hydrogen-bond acceptors (Lipinski definition) is 2. The number of fused-ring (bicyclic) bond motifs is 5. The van der Waals surface area contributed by atoms with Gasteiger partial charge in [0.1, 0.15) is 0 Å². The van der Waals surface area contributed by atoms with Gasteiger partial charge in [-0.05, 0) is 50.0 Å². The Morgan fingerprint density at radius 2 is 1.93 bits per heavy atom. The molecule has 4 unspecified atom stereocenters. The summed E-state index contributed by atoms with van der Waals surface area (Å²) in [5, 5.41) is 6.22. The Hall–Kier alpha value is -0.570. The van der Waals surface area contributed by atoms with Crippen molar-refractivity contribution in [1.29, 1.82) is 0 Å². The Balaban J connectivity index is 1.49. The SMILES string of the molecule is CNCCC(=O)NC1C2C3CCC(C3)C12. The van der Waals surface area contributed by atoms with E-state index < -0.39 is 0 Å². The van der Waals surface area contributed by atoms with Crippen molar-refractivity contribution in [2.45, 2.75) is 31.7 Å². The van der Waals surface area contributed by atoms with Crippen LogP contribution in [0.3, 0.4) is 0 Å². The maximum absolute atomic E-state index is 11.6. The number of amides is 1. The summed E-state index contributed by atoms with van der Waals surface area (Å²) in [5.74, 6) is 3.87. The van der Waals surface area contributed by atoms with E-state index in [9.17, 15) is 4.79 Å². The third-order valence-corrected chi connectivity index (χ3v) is 4.67. The maximum atomic E-state index is 11.6. The van der Waals surface area contributed by atoms with Crippen LogP contribution in [0, 0.1) is 23.7 Å². The topological polar surface area (TPSA) is 41.1 Å². The van der Waals surface area contributed by atoms with Crippen molar-refractivity contribution in [2.75, 3.05) is 13.6 Å². The zero-order valence-corrected chi connectivity index (χ0v) is 9.33. The summed E-state index contributed by atoms with van der Waals surface area (Å²) in [5.41, 5.74) is 0. The van der Waals surface area contributed by atoms with Crippen LogP contribution in [0.2, 0.25) is 0 Å². The molecule has 0 spiro atoms. The van der Waals surface area contributed by atoms with Gasteiger partial charge in [0.2, 0.25) is 5.91 Å². The second-order valence-corrected chi connectivity index (χ2v) is 5.43. The largest absolute Gasteiger partial charge is 0.353 e. The van der Waals surface area contributed by atoms with Gasteiger partial charge in [-0.3, -0.25) is 4.79 Å². The van der Waals surface area contributed by atoms with E-state index in [0.29, 0.717) is 12.5 Å². The molecule has 0 radical (unpaired) electrons. The lowest BCUT2D eigenvalue weighted by Gasteiger charge is -2.10. The van der Waals surface area contributed by atoms with Crippen molar-refractivity contribution in [1.82, 2.24) is 10.6 Å². The van der Waals surface area contributed by atoms with Crippen molar-refractivity contribution in [3.8, 4) is 0 Å². The van der Waals surface area contributed by atoms with E-state index in [4.69, 9.17) is 0 Å². The van der Waals surface area contributed by atoms with E-state index in [1.165, 1.54) is 19.3 Å². The van der Waals surface area contributed by atoms with E-state index in [0.717, 1.165) is 30.2 Å². The minimum Gasteiger partial charge on any atom is -0.353 e. The summed E-state index contributed by atoms with van der Waals surface area (Å²) in [6, 6.07) is 0.556. The van der Waals surface area contributed by atoms with Gasteiger partial charge in [-0.15, -0.1) is 0 Å². The Bertz CT molecular complexity index is 263. The fraction of sp³-hybridized carbons (Fsp3) is 0.917. The predicted molar refractivity (Wildman–Crippen MR) is 58.3 cm³/mol. The van der Waals surface area contributed by atoms with Gasteiger partial charge in [0, 0.05) is 19.0 Å². The van der Waals surface area contributed by atoms with Gasteiger partial charge in [0.05, 0.1) is 0 Å². The Morgan fingerprint density at radius 3 is 2.53 bits per heavy atom. The summed E-state index contributed by atoms with van der Waals surface area (Å²) >= 11 is 0. The number of nitrogens with one attached hydrogen (secondary N) is 2. The Morgan fingerprint density at radius 1 is 1.27 bits per heavy atom. The van der Waals surface area contributed by atoms with Gasteiger partial charge in [0.15, 0.2) is 0 Å². The average Bonchev–Trinajstić information content (AvgIpc) is 2.65. The molecule has 3 fully saturated rings. The zero-order chi connectivity index (χ0) is 10.4. The first kappa shape index (κ1) is 9.64. The van der Waals surface area contributed by atoms with E-state index >= 15 is 0 Å². The Labute approximate surface area is 91.0 Å². The number of rotatable bonds is 4. The molecular formula is C12H20N2O. The minimum atomic E-state index is 0.239. The fourth-order valence-corrected chi connectivity index (χ4v) is 4.02. The van der Waals surface area contributed by atoms with Gasteiger partial charge in [-0.1, -0.05) is 0 Å². The smallest absolute Gasteiger partial charge is 0.221 e. The van der Waals surface area contributed by atoms with E-state index in [1.807, 2.05) is 7.05 Å². The molecule has 3 aliphatic rings. The van der Waals surface area contributed by atoms with Crippen LogP contribution >= 0.6 is 0 Å². The molecule has 84 valence electrons. The molecule has 2 N–H and O–H groups in total. The molecule has 0 aromatic rings. The van der Waals surface area contributed by atoms with E-state index in [2.05, 4.69) is 10.6 Å². The molecule has 3 rings (SSSR count). The molecular weight excluding hydrogens is 188 g/mol. The van der Waals surface area contributed by atoms with Crippen LogP contribution < -0.4 is 10.6 Å². The second-order valence-electron chi connectivity index (χ2n) is 5.43. The average molecular weight is 208 g/mol. The summed E-state index contributed by atoms with van der Waals surface area (Å²) < 4.78 is 0. The molecule has 3 saturated carbocycles. The van der Waals surface area contributed by atoms with Crippen LogP contribution in [0.15, 0.2) is 0 Å². The number of hydrogen-bond donors (Lipinski definition) is 2. The normalized spacial score (nSPS) is 45.3. The van der Waals surface area contributed by atoms with Gasteiger partial charge in [-0.2, -0.15) is 0 Å².